The lowest BCUT2D eigenvalue weighted by molar-refractivity contribution is 0.323. The molecule has 2 rings (SSSR count). The van der Waals surface area contributed by atoms with Gasteiger partial charge in [-0.3, -0.25) is 10.4 Å². The Morgan fingerprint density at radius 3 is 3.07 bits per heavy atom. The van der Waals surface area contributed by atoms with E-state index >= 15 is 0 Å². The number of benzene rings is 1. The average molecular weight is 206 g/mol. The number of aliphatic imine (C=N–C) groups is 1. The molecule has 1 heterocycles. The summed E-state index contributed by atoms with van der Waals surface area (Å²) in [5, 5.41) is 3.16. The average Bonchev–Trinajstić information content (AvgIpc) is 2.69. The van der Waals surface area contributed by atoms with E-state index in [9.17, 15) is 0 Å². The quantitative estimate of drug-likeness (QED) is 0.265. The third kappa shape index (κ3) is 1.87. The molecule has 4 N–H and O–H groups in total. The maximum Gasteiger partial charge on any atom is 0.206 e. The molecule has 1 aromatic rings. The van der Waals surface area contributed by atoms with Crippen molar-refractivity contribution in [2.45, 2.75) is 6.04 Å². The lowest BCUT2D eigenvalue weighted by Crippen LogP contribution is -2.43. The number of hydrazine groups is 1. The van der Waals surface area contributed by atoms with E-state index in [0.717, 1.165) is 11.3 Å². The van der Waals surface area contributed by atoms with Crippen LogP contribution in [0.4, 0.5) is 0 Å². The lowest BCUT2D eigenvalue weighted by Gasteiger charge is -2.13. The van der Waals surface area contributed by atoms with E-state index in [4.69, 9.17) is 10.6 Å². The Morgan fingerprint density at radius 2 is 2.33 bits per heavy atom. The number of fused-ring (bicyclic) bond motifs is 1. The summed E-state index contributed by atoms with van der Waals surface area (Å²) in [6.45, 7) is 0.597. The van der Waals surface area contributed by atoms with Gasteiger partial charge in [0.2, 0.25) is 5.96 Å². The lowest BCUT2D eigenvalue weighted by atomic mass is 10.1. The van der Waals surface area contributed by atoms with Crippen LogP contribution in [0.3, 0.4) is 0 Å². The highest BCUT2D eigenvalue weighted by Crippen LogP contribution is 2.31. The first kappa shape index (κ1) is 9.79. The van der Waals surface area contributed by atoms with Crippen LogP contribution in [0.15, 0.2) is 29.3 Å². The zero-order valence-corrected chi connectivity index (χ0v) is 8.53. The van der Waals surface area contributed by atoms with Gasteiger partial charge in [0, 0.05) is 12.6 Å². The highest BCUT2D eigenvalue weighted by molar-refractivity contribution is 5.79. The van der Waals surface area contributed by atoms with Crippen LogP contribution in [0, 0.1) is 0 Å². The second-order valence-electron chi connectivity index (χ2n) is 3.26. The first-order valence-electron chi connectivity index (χ1n) is 4.77. The van der Waals surface area contributed by atoms with Crippen molar-refractivity contribution in [2.75, 3.05) is 13.7 Å². The van der Waals surface area contributed by atoms with Crippen LogP contribution in [0.5, 0.6) is 5.75 Å². The minimum atomic E-state index is 0.107. The monoisotopic (exact) mass is 206 g/mol. The Balaban J connectivity index is 2.14. The van der Waals surface area contributed by atoms with Crippen LogP contribution in [-0.2, 0) is 0 Å². The van der Waals surface area contributed by atoms with Crippen molar-refractivity contribution in [1.82, 2.24) is 10.7 Å². The van der Waals surface area contributed by atoms with E-state index in [-0.39, 0.29) is 6.04 Å². The molecular weight excluding hydrogens is 192 g/mol. The molecule has 0 amide bonds. The van der Waals surface area contributed by atoms with Gasteiger partial charge in [0.1, 0.15) is 12.4 Å². The number of guanidine groups is 1. The predicted molar refractivity (Wildman–Crippen MR) is 58.5 cm³/mol. The van der Waals surface area contributed by atoms with E-state index in [1.165, 1.54) is 0 Å². The molecule has 1 aromatic carbocycles. The number of rotatable bonds is 1. The van der Waals surface area contributed by atoms with Crippen molar-refractivity contribution >= 4 is 5.96 Å². The van der Waals surface area contributed by atoms with Crippen LogP contribution < -0.4 is 21.3 Å². The van der Waals surface area contributed by atoms with E-state index in [2.05, 4.69) is 15.7 Å². The molecule has 80 valence electrons. The fourth-order valence-electron chi connectivity index (χ4n) is 1.62. The van der Waals surface area contributed by atoms with E-state index in [1.54, 1.807) is 7.05 Å². The summed E-state index contributed by atoms with van der Waals surface area (Å²) in [5.41, 5.74) is 3.63. The Bertz CT molecular complexity index is 377. The summed E-state index contributed by atoms with van der Waals surface area (Å²) in [6.07, 6.45) is 0. The Morgan fingerprint density at radius 1 is 1.53 bits per heavy atom. The molecule has 0 aliphatic carbocycles. The molecule has 0 saturated carbocycles. The van der Waals surface area contributed by atoms with Crippen LogP contribution >= 0.6 is 0 Å². The van der Waals surface area contributed by atoms with Crippen molar-refractivity contribution in [3.8, 4) is 5.75 Å². The molecule has 1 aliphatic rings. The summed E-state index contributed by atoms with van der Waals surface area (Å²) < 4.78 is 5.51. The van der Waals surface area contributed by atoms with E-state index in [1.807, 2.05) is 24.3 Å². The highest BCUT2D eigenvalue weighted by atomic mass is 16.5. The fraction of sp³-hybridized carbons (Fsp3) is 0.300. The summed E-state index contributed by atoms with van der Waals surface area (Å²) >= 11 is 0. The molecule has 0 bridgehead atoms. The second kappa shape index (κ2) is 4.18. The molecule has 0 spiro atoms. The molecule has 15 heavy (non-hydrogen) atoms. The smallest absolute Gasteiger partial charge is 0.206 e. The first-order valence-corrected chi connectivity index (χ1v) is 4.77. The predicted octanol–water partition coefficient (Wildman–Crippen LogP) is 0.159. The van der Waals surface area contributed by atoms with Gasteiger partial charge in [0.15, 0.2) is 0 Å². The van der Waals surface area contributed by atoms with E-state index < -0.39 is 0 Å². The number of hydrogen-bond donors (Lipinski definition) is 3. The van der Waals surface area contributed by atoms with Gasteiger partial charge in [-0.15, -0.1) is 0 Å². The molecule has 0 fully saturated rings. The van der Waals surface area contributed by atoms with Crippen LogP contribution in [-0.4, -0.2) is 19.6 Å². The SMILES string of the molecule is CN=C(NN)NC1COc2ccccc21. The van der Waals surface area contributed by atoms with Gasteiger partial charge in [0.05, 0.1) is 6.04 Å². The maximum atomic E-state index is 5.51. The third-order valence-electron chi connectivity index (χ3n) is 2.37. The molecular formula is C10H14N4O. The topological polar surface area (TPSA) is 71.7 Å². The second-order valence-corrected chi connectivity index (χ2v) is 3.26. The zero-order chi connectivity index (χ0) is 10.7. The van der Waals surface area contributed by atoms with Crippen molar-refractivity contribution < 1.29 is 4.74 Å². The van der Waals surface area contributed by atoms with Crippen LogP contribution in [0.1, 0.15) is 11.6 Å². The number of nitrogens with two attached hydrogens (primary N) is 1. The van der Waals surface area contributed by atoms with Crippen molar-refractivity contribution in [3.05, 3.63) is 29.8 Å². The van der Waals surface area contributed by atoms with Gasteiger partial charge in [0.25, 0.3) is 0 Å². The zero-order valence-electron chi connectivity index (χ0n) is 8.53. The van der Waals surface area contributed by atoms with Gasteiger partial charge in [-0.25, -0.2) is 5.84 Å². The van der Waals surface area contributed by atoms with Crippen molar-refractivity contribution in [2.24, 2.45) is 10.8 Å². The third-order valence-corrected chi connectivity index (χ3v) is 2.37. The molecule has 1 atom stereocenters. The number of para-hydroxylation sites is 1. The minimum Gasteiger partial charge on any atom is -0.491 e. The maximum absolute atomic E-state index is 5.51. The number of hydrogen-bond acceptors (Lipinski definition) is 3. The van der Waals surface area contributed by atoms with Gasteiger partial charge >= 0.3 is 0 Å². The normalized spacial score (nSPS) is 19.3. The molecule has 0 aromatic heterocycles. The van der Waals surface area contributed by atoms with Gasteiger partial charge in [-0.1, -0.05) is 18.2 Å². The first-order chi connectivity index (χ1) is 7.35. The number of nitrogens with zero attached hydrogens (tertiary/aromatic N) is 1. The summed E-state index contributed by atoms with van der Waals surface area (Å²) in [4.78, 5) is 3.96. The standard InChI is InChI=1S/C10H14N4O/c1-12-10(14-11)13-8-6-15-9-5-3-2-4-7(8)9/h2-5,8H,6,11H2,1H3,(H2,12,13,14). The van der Waals surface area contributed by atoms with Gasteiger partial charge in [-0.05, 0) is 6.07 Å². The highest BCUT2D eigenvalue weighted by Gasteiger charge is 2.23. The molecule has 1 unspecified atom stereocenters. The molecule has 1 aliphatic heterocycles. The van der Waals surface area contributed by atoms with Gasteiger partial charge in [-0.2, -0.15) is 0 Å². The van der Waals surface area contributed by atoms with E-state index in [0.29, 0.717) is 12.6 Å². The molecule has 0 saturated heterocycles. The number of nitrogens with one attached hydrogen (secondary N) is 2. The molecule has 5 nitrogen and oxygen atoms in total. The molecule has 0 radical (unpaired) electrons. The summed E-state index contributed by atoms with van der Waals surface area (Å²) in [7, 11) is 1.67. The minimum absolute atomic E-state index is 0.107. The fourth-order valence-corrected chi connectivity index (χ4v) is 1.62. The van der Waals surface area contributed by atoms with Crippen molar-refractivity contribution in [1.29, 1.82) is 0 Å². The van der Waals surface area contributed by atoms with Gasteiger partial charge < -0.3 is 10.1 Å². The Hall–Kier alpha value is -1.75. The number of ether oxygens (including phenoxy) is 1. The summed E-state index contributed by atoms with van der Waals surface area (Å²) in [6, 6.07) is 8.04. The van der Waals surface area contributed by atoms with Crippen LogP contribution in [0.25, 0.3) is 0 Å². The van der Waals surface area contributed by atoms with Crippen molar-refractivity contribution in [3.63, 3.8) is 0 Å². The van der Waals surface area contributed by atoms with Crippen LogP contribution in [0.2, 0.25) is 0 Å². The molecule has 5 heteroatoms. The summed E-state index contributed by atoms with van der Waals surface area (Å²) in [5.74, 6) is 6.77. The Kier molecular flexibility index (Phi) is 2.73. The Labute approximate surface area is 88.3 Å². The largest absolute Gasteiger partial charge is 0.491 e.